The molecule has 1 aromatic heterocycles. The number of aryl methyl sites for hydroxylation is 1. The van der Waals surface area contributed by atoms with Crippen LogP contribution in [-0.4, -0.2) is 47.4 Å². The predicted octanol–water partition coefficient (Wildman–Crippen LogP) is 2.39. The monoisotopic (exact) mass is 324 g/mol. The lowest BCUT2D eigenvalue weighted by Crippen LogP contribution is -2.41. The van der Waals surface area contributed by atoms with E-state index >= 15 is 0 Å². The lowest BCUT2D eigenvalue weighted by molar-refractivity contribution is 0.0378. The topological polar surface area (TPSA) is 75.8 Å². The SMILES string of the molecule is COCc1c(C(=O)N2CCC([C@@H](O)CC(C)C)CC2)noc1C. The summed E-state index contributed by atoms with van der Waals surface area (Å²) >= 11 is 0. The molecule has 6 heteroatoms. The van der Waals surface area contributed by atoms with E-state index in [1.807, 2.05) is 0 Å². The second kappa shape index (κ2) is 7.93. The summed E-state index contributed by atoms with van der Waals surface area (Å²) in [5.74, 6) is 1.28. The average molecular weight is 324 g/mol. The van der Waals surface area contributed by atoms with Crippen LogP contribution in [0.1, 0.15) is 54.9 Å². The molecule has 23 heavy (non-hydrogen) atoms. The van der Waals surface area contributed by atoms with Crippen LogP contribution >= 0.6 is 0 Å². The first-order valence-electron chi connectivity index (χ1n) is 8.35. The molecule has 0 aromatic carbocycles. The minimum atomic E-state index is -0.273. The Balaban J connectivity index is 1.96. The van der Waals surface area contributed by atoms with Gasteiger partial charge in [0.15, 0.2) is 5.69 Å². The molecule has 1 aliphatic heterocycles. The Hall–Kier alpha value is -1.40. The second-order valence-electron chi connectivity index (χ2n) is 6.83. The van der Waals surface area contributed by atoms with Crippen molar-refractivity contribution in [1.29, 1.82) is 0 Å². The number of methoxy groups -OCH3 is 1. The quantitative estimate of drug-likeness (QED) is 0.869. The van der Waals surface area contributed by atoms with E-state index in [1.54, 1.807) is 18.9 Å². The first kappa shape index (κ1) is 17.9. The molecule has 1 amide bonds. The lowest BCUT2D eigenvalue weighted by Gasteiger charge is -2.34. The third-order valence-electron chi connectivity index (χ3n) is 4.56. The van der Waals surface area contributed by atoms with Gasteiger partial charge < -0.3 is 19.3 Å². The maximum absolute atomic E-state index is 12.6. The van der Waals surface area contributed by atoms with Crippen molar-refractivity contribution in [2.45, 2.75) is 52.7 Å². The Morgan fingerprint density at radius 3 is 2.65 bits per heavy atom. The molecule has 1 aromatic rings. The van der Waals surface area contributed by atoms with Crippen LogP contribution < -0.4 is 0 Å². The summed E-state index contributed by atoms with van der Waals surface area (Å²) < 4.78 is 10.3. The average Bonchev–Trinajstić information content (AvgIpc) is 2.88. The molecule has 0 radical (unpaired) electrons. The van der Waals surface area contributed by atoms with Gasteiger partial charge in [-0.15, -0.1) is 0 Å². The molecule has 0 bridgehead atoms. The van der Waals surface area contributed by atoms with Gasteiger partial charge in [0, 0.05) is 20.2 Å². The highest BCUT2D eigenvalue weighted by atomic mass is 16.5. The molecule has 0 saturated carbocycles. The zero-order chi connectivity index (χ0) is 17.0. The van der Waals surface area contributed by atoms with Gasteiger partial charge in [-0.3, -0.25) is 4.79 Å². The first-order chi connectivity index (χ1) is 10.9. The maximum Gasteiger partial charge on any atom is 0.276 e. The van der Waals surface area contributed by atoms with Gasteiger partial charge in [0.05, 0.1) is 18.3 Å². The highest BCUT2D eigenvalue weighted by molar-refractivity contribution is 5.93. The fourth-order valence-electron chi connectivity index (χ4n) is 3.19. The minimum Gasteiger partial charge on any atom is -0.393 e. The molecule has 1 fully saturated rings. The number of rotatable bonds is 6. The molecule has 6 nitrogen and oxygen atoms in total. The van der Waals surface area contributed by atoms with Gasteiger partial charge in [-0.05, 0) is 38.0 Å². The Labute approximate surface area is 137 Å². The van der Waals surface area contributed by atoms with Crippen LogP contribution in [0.15, 0.2) is 4.52 Å². The molecular weight excluding hydrogens is 296 g/mol. The lowest BCUT2D eigenvalue weighted by atomic mass is 9.87. The van der Waals surface area contributed by atoms with Crippen LogP contribution in [0.4, 0.5) is 0 Å². The van der Waals surface area contributed by atoms with Crippen LogP contribution in [0.5, 0.6) is 0 Å². The van der Waals surface area contributed by atoms with Crippen molar-refractivity contribution in [2.24, 2.45) is 11.8 Å². The van der Waals surface area contributed by atoms with Gasteiger partial charge >= 0.3 is 0 Å². The number of carbonyl (C=O) groups excluding carboxylic acids is 1. The number of hydrogen-bond donors (Lipinski definition) is 1. The van der Waals surface area contributed by atoms with Crippen molar-refractivity contribution >= 4 is 5.91 Å². The number of ether oxygens (including phenoxy) is 1. The molecule has 1 aliphatic rings. The number of carbonyl (C=O) groups is 1. The zero-order valence-corrected chi connectivity index (χ0v) is 14.5. The van der Waals surface area contributed by atoms with Crippen LogP contribution in [0.2, 0.25) is 0 Å². The van der Waals surface area contributed by atoms with Crippen LogP contribution in [0.25, 0.3) is 0 Å². The van der Waals surface area contributed by atoms with Gasteiger partial charge in [-0.25, -0.2) is 0 Å². The van der Waals surface area contributed by atoms with E-state index in [1.165, 1.54) is 0 Å². The maximum atomic E-state index is 12.6. The molecular formula is C17H28N2O4. The number of likely N-dealkylation sites (tertiary alicyclic amines) is 1. The number of aliphatic hydroxyl groups is 1. The van der Waals surface area contributed by atoms with E-state index in [2.05, 4.69) is 19.0 Å². The molecule has 1 atom stereocenters. The van der Waals surface area contributed by atoms with Crippen LogP contribution in [0.3, 0.4) is 0 Å². The third-order valence-corrected chi connectivity index (χ3v) is 4.56. The Bertz CT molecular complexity index is 519. The van der Waals surface area contributed by atoms with Crippen molar-refractivity contribution in [3.8, 4) is 0 Å². The van der Waals surface area contributed by atoms with E-state index in [0.717, 1.165) is 24.8 Å². The molecule has 1 N–H and O–H groups in total. The summed E-state index contributed by atoms with van der Waals surface area (Å²) in [7, 11) is 1.59. The van der Waals surface area contributed by atoms with E-state index in [-0.39, 0.29) is 17.9 Å². The summed E-state index contributed by atoms with van der Waals surface area (Å²) in [6.45, 7) is 7.64. The summed E-state index contributed by atoms with van der Waals surface area (Å²) in [5.41, 5.74) is 1.07. The fraction of sp³-hybridized carbons (Fsp3) is 0.765. The number of nitrogens with zero attached hydrogens (tertiary/aromatic N) is 2. The first-order valence-corrected chi connectivity index (χ1v) is 8.35. The third kappa shape index (κ3) is 4.32. The summed E-state index contributed by atoms with van der Waals surface area (Å²) in [6, 6.07) is 0. The van der Waals surface area contributed by atoms with E-state index in [9.17, 15) is 9.90 Å². The van der Waals surface area contributed by atoms with Gasteiger partial charge in [0.2, 0.25) is 0 Å². The van der Waals surface area contributed by atoms with Crippen molar-refractivity contribution < 1.29 is 19.2 Å². The summed E-state index contributed by atoms with van der Waals surface area (Å²) in [6.07, 6.45) is 2.20. The molecule has 2 heterocycles. The summed E-state index contributed by atoms with van der Waals surface area (Å²) in [5, 5.41) is 14.2. The largest absolute Gasteiger partial charge is 0.393 e. The number of aliphatic hydroxyl groups excluding tert-OH is 1. The highest BCUT2D eigenvalue weighted by Gasteiger charge is 2.30. The van der Waals surface area contributed by atoms with Crippen molar-refractivity contribution in [2.75, 3.05) is 20.2 Å². The Morgan fingerprint density at radius 2 is 2.09 bits per heavy atom. The highest BCUT2D eigenvalue weighted by Crippen LogP contribution is 2.26. The normalized spacial score (nSPS) is 17.7. The van der Waals surface area contributed by atoms with Crippen LogP contribution in [-0.2, 0) is 11.3 Å². The van der Waals surface area contributed by atoms with Gasteiger partial charge in [0.25, 0.3) is 5.91 Å². The number of piperidine rings is 1. The Morgan fingerprint density at radius 1 is 1.43 bits per heavy atom. The van der Waals surface area contributed by atoms with Crippen molar-refractivity contribution in [3.05, 3.63) is 17.0 Å². The molecule has 2 rings (SSSR count). The number of aromatic nitrogens is 1. The Kier molecular flexibility index (Phi) is 6.18. The van der Waals surface area contributed by atoms with Crippen molar-refractivity contribution in [1.82, 2.24) is 10.1 Å². The minimum absolute atomic E-state index is 0.106. The molecule has 1 saturated heterocycles. The van der Waals surface area contributed by atoms with Crippen molar-refractivity contribution in [3.63, 3.8) is 0 Å². The predicted molar refractivity (Wildman–Crippen MR) is 86.0 cm³/mol. The van der Waals surface area contributed by atoms with Gasteiger partial charge in [0.1, 0.15) is 5.76 Å². The van der Waals surface area contributed by atoms with E-state index in [4.69, 9.17) is 9.26 Å². The smallest absolute Gasteiger partial charge is 0.276 e. The second-order valence-corrected chi connectivity index (χ2v) is 6.83. The fourth-order valence-corrected chi connectivity index (χ4v) is 3.19. The van der Waals surface area contributed by atoms with Gasteiger partial charge in [-0.1, -0.05) is 19.0 Å². The van der Waals surface area contributed by atoms with E-state index in [0.29, 0.717) is 37.1 Å². The zero-order valence-electron chi connectivity index (χ0n) is 14.5. The standard InChI is InChI=1S/C17H28N2O4/c1-11(2)9-15(20)13-5-7-19(8-6-13)17(21)16-14(10-22-4)12(3)23-18-16/h11,13,15,20H,5-10H2,1-4H3/t15-/m0/s1. The van der Waals surface area contributed by atoms with Gasteiger partial charge in [-0.2, -0.15) is 0 Å². The number of amides is 1. The molecule has 130 valence electrons. The van der Waals surface area contributed by atoms with Crippen LogP contribution in [0, 0.1) is 18.8 Å². The number of hydrogen-bond acceptors (Lipinski definition) is 5. The summed E-state index contributed by atoms with van der Waals surface area (Å²) in [4.78, 5) is 14.4. The molecule has 0 unspecified atom stereocenters. The molecule has 0 spiro atoms. The molecule has 0 aliphatic carbocycles. The van der Waals surface area contributed by atoms with E-state index < -0.39 is 0 Å².